The Hall–Kier alpha value is -1.07. The summed E-state index contributed by atoms with van der Waals surface area (Å²) in [6.45, 7) is 9.00. The normalized spacial score (nSPS) is 26.7. The zero-order valence-electron chi connectivity index (χ0n) is 13.3. The number of halogens is 3. The lowest BCUT2D eigenvalue weighted by atomic mass is 9.53. The Morgan fingerprint density at radius 3 is 1.90 bits per heavy atom. The molecule has 1 aliphatic carbocycles. The molecule has 3 atom stereocenters. The lowest BCUT2D eigenvalue weighted by Gasteiger charge is -2.49. The molecule has 0 radical (unpaired) electrons. The van der Waals surface area contributed by atoms with Gasteiger partial charge in [-0.2, -0.15) is 13.2 Å². The summed E-state index contributed by atoms with van der Waals surface area (Å²) >= 11 is 0. The number of rotatable bonds is 3. The van der Waals surface area contributed by atoms with Crippen molar-refractivity contribution in [2.75, 3.05) is 0 Å². The number of hydrogen-bond donors (Lipinski definition) is 0. The number of hydrogen-bond acceptors (Lipinski definition) is 3. The number of esters is 1. The van der Waals surface area contributed by atoms with Crippen LogP contribution in [-0.2, 0) is 14.3 Å². The van der Waals surface area contributed by atoms with Gasteiger partial charge >= 0.3 is 12.1 Å². The van der Waals surface area contributed by atoms with E-state index in [-0.39, 0.29) is 18.1 Å². The van der Waals surface area contributed by atoms with Gasteiger partial charge in [-0.1, -0.05) is 34.6 Å². The first-order chi connectivity index (χ1) is 9.19. The number of ketones is 1. The lowest BCUT2D eigenvalue weighted by Crippen LogP contribution is -2.54. The van der Waals surface area contributed by atoms with Crippen molar-refractivity contribution < 1.29 is 27.5 Å². The van der Waals surface area contributed by atoms with Gasteiger partial charge in [-0.15, -0.1) is 0 Å². The van der Waals surface area contributed by atoms with Gasteiger partial charge in [0, 0.05) is 11.3 Å². The summed E-state index contributed by atoms with van der Waals surface area (Å²) in [7, 11) is 0. The number of Topliss-reactive ketones (excluding diaryl/α,β-unsaturated/α-hetero) is 1. The molecule has 1 saturated carbocycles. The summed E-state index contributed by atoms with van der Waals surface area (Å²) in [5, 5.41) is 0. The van der Waals surface area contributed by atoms with E-state index in [1.165, 1.54) is 27.7 Å². The Morgan fingerprint density at radius 2 is 1.62 bits per heavy atom. The van der Waals surface area contributed by atoms with E-state index in [0.29, 0.717) is 0 Å². The van der Waals surface area contributed by atoms with Crippen molar-refractivity contribution >= 4 is 11.8 Å². The van der Waals surface area contributed by atoms with Gasteiger partial charge in [0.15, 0.2) is 0 Å². The molecule has 0 aromatic carbocycles. The first-order valence-corrected chi connectivity index (χ1v) is 6.96. The number of carbonyl (C=O) groups is 2. The Balaban J connectivity index is 2.85. The molecule has 6 heteroatoms. The van der Waals surface area contributed by atoms with Crippen LogP contribution in [0.15, 0.2) is 0 Å². The third-order valence-electron chi connectivity index (χ3n) is 4.36. The molecule has 0 aromatic heterocycles. The van der Waals surface area contributed by atoms with Crippen LogP contribution in [0.25, 0.3) is 0 Å². The van der Waals surface area contributed by atoms with Crippen molar-refractivity contribution in [2.45, 2.75) is 60.2 Å². The van der Waals surface area contributed by atoms with Crippen LogP contribution >= 0.6 is 0 Å². The highest BCUT2D eigenvalue weighted by Crippen LogP contribution is 2.52. The van der Waals surface area contributed by atoms with E-state index < -0.39 is 35.0 Å². The maximum atomic E-state index is 13.0. The van der Waals surface area contributed by atoms with Crippen LogP contribution in [0.3, 0.4) is 0 Å². The second kappa shape index (κ2) is 5.29. The zero-order chi connectivity index (χ0) is 16.8. The molecular weight excluding hydrogens is 285 g/mol. The molecule has 1 fully saturated rings. The van der Waals surface area contributed by atoms with Gasteiger partial charge in [0.25, 0.3) is 0 Å². The predicted molar refractivity (Wildman–Crippen MR) is 71.4 cm³/mol. The smallest absolute Gasteiger partial charge is 0.426 e. The van der Waals surface area contributed by atoms with Gasteiger partial charge < -0.3 is 4.74 Å². The first-order valence-electron chi connectivity index (χ1n) is 6.96. The summed E-state index contributed by atoms with van der Waals surface area (Å²) in [4.78, 5) is 23.5. The maximum Gasteiger partial charge on any atom is 0.426 e. The molecule has 1 rings (SSSR count). The molecule has 0 spiro atoms. The van der Waals surface area contributed by atoms with E-state index in [9.17, 15) is 22.8 Å². The van der Waals surface area contributed by atoms with E-state index >= 15 is 0 Å². The van der Waals surface area contributed by atoms with Crippen LogP contribution in [0.5, 0.6) is 0 Å². The van der Waals surface area contributed by atoms with Crippen LogP contribution in [0.1, 0.15) is 48.0 Å². The molecule has 0 saturated heterocycles. The summed E-state index contributed by atoms with van der Waals surface area (Å²) in [6, 6.07) is 0. The van der Waals surface area contributed by atoms with E-state index in [4.69, 9.17) is 4.74 Å². The van der Waals surface area contributed by atoms with E-state index in [1.807, 2.05) is 0 Å². The van der Waals surface area contributed by atoms with Gasteiger partial charge in [-0.05, 0) is 18.8 Å². The van der Waals surface area contributed by atoms with Crippen molar-refractivity contribution in [1.29, 1.82) is 0 Å². The fourth-order valence-electron chi connectivity index (χ4n) is 2.95. The second-order valence-electron chi connectivity index (χ2n) is 7.50. The van der Waals surface area contributed by atoms with Crippen LogP contribution in [0.2, 0.25) is 0 Å². The van der Waals surface area contributed by atoms with E-state index in [2.05, 4.69) is 0 Å². The monoisotopic (exact) mass is 308 g/mol. The largest absolute Gasteiger partial charge is 0.452 e. The molecule has 1 aliphatic rings. The molecule has 0 aromatic rings. The van der Waals surface area contributed by atoms with Crippen molar-refractivity contribution in [2.24, 2.45) is 22.7 Å². The Labute approximate surface area is 123 Å². The minimum absolute atomic E-state index is 0.0488. The van der Waals surface area contributed by atoms with Gasteiger partial charge in [0.1, 0.15) is 5.78 Å². The SMILES string of the molecule is CC(=O)[C@@H]1C[C@H](C(=O)O[C@@H](C(C)(C)C)C(F)(F)F)C1(C)C. The van der Waals surface area contributed by atoms with Crippen LogP contribution in [-0.4, -0.2) is 24.0 Å². The van der Waals surface area contributed by atoms with Gasteiger partial charge in [-0.25, -0.2) is 0 Å². The van der Waals surface area contributed by atoms with Gasteiger partial charge in [-0.3, -0.25) is 9.59 Å². The number of alkyl halides is 3. The molecule has 3 nitrogen and oxygen atoms in total. The average Bonchev–Trinajstić information content (AvgIpc) is 2.20. The number of carbonyl (C=O) groups excluding carboxylic acids is 2. The average molecular weight is 308 g/mol. The van der Waals surface area contributed by atoms with Crippen molar-refractivity contribution in [3.63, 3.8) is 0 Å². The molecule has 0 N–H and O–H groups in total. The Bertz CT molecular complexity index is 418. The van der Waals surface area contributed by atoms with Crippen molar-refractivity contribution in [3.05, 3.63) is 0 Å². The van der Waals surface area contributed by atoms with Crippen molar-refractivity contribution in [3.8, 4) is 0 Å². The fraction of sp³-hybridized carbons (Fsp3) is 0.867. The van der Waals surface area contributed by atoms with Crippen LogP contribution in [0.4, 0.5) is 13.2 Å². The van der Waals surface area contributed by atoms with E-state index in [1.54, 1.807) is 13.8 Å². The lowest BCUT2D eigenvalue weighted by molar-refractivity contribution is -0.251. The second-order valence-corrected chi connectivity index (χ2v) is 7.50. The molecule has 0 aliphatic heterocycles. The fourth-order valence-corrected chi connectivity index (χ4v) is 2.95. The standard InChI is InChI=1S/C15H23F3O3/c1-8(19)9-7-10(14(9,5)6)11(20)21-12(13(2,3)4)15(16,17)18/h9-10,12H,7H2,1-6H3/t9-,10+,12-/m0/s1. The molecule has 0 unspecified atom stereocenters. The first kappa shape index (κ1) is 18.0. The minimum atomic E-state index is -4.61. The van der Waals surface area contributed by atoms with E-state index in [0.717, 1.165) is 0 Å². The summed E-state index contributed by atoms with van der Waals surface area (Å²) in [6.07, 6.45) is -6.50. The minimum Gasteiger partial charge on any atom is -0.452 e. The predicted octanol–water partition coefficient (Wildman–Crippen LogP) is 3.76. The van der Waals surface area contributed by atoms with Gasteiger partial charge in [0.2, 0.25) is 6.10 Å². The molecular formula is C15H23F3O3. The highest BCUT2D eigenvalue weighted by Gasteiger charge is 2.57. The van der Waals surface area contributed by atoms with Crippen LogP contribution in [0, 0.1) is 22.7 Å². The molecule has 0 bridgehead atoms. The third kappa shape index (κ3) is 3.58. The molecule has 122 valence electrons. The topological polar surface area (TPSA) is 43.4 Å². The highest BCUT2D eigenvalue weighted by molar-refractivity contribution is 5.85. The molecule has 0 amide bonds. The Kier molecular flexibility index (Phi) is 4.53. The number of ether oxygens (including phenoxy) is 1. The summed E-state index contributed by atoms with van der Waals surface area (Å²) in [5.41, 5.74) is -1.89. The third-order valence-corrected chi connectivity index (χ3v) is 4.36. The van der Waals surface area contributed by atoms with Crippen molar-refractivity contribution in [1.82, 2.24) is 0 Å². The summed E-state index contributed by atoms with van der Waals surface area (Å²) < 4.78 is 43.9. The Morgan fingerprint density at radius 1 is 1.14 bits per heavy atom. The zero-order valence-corrected chi connectivity index (χ0v) is 13.3. The maximum absolute atomic E-state index is 13.0. The quantitative estimate of drug-likeness (QED) is 0.746. The molecule has 21 heavy (non-hydrogen) atoms. The van der Waals surface area contributed by atoms with Crippen LogP contribution < -0.4 is 0 Å². The summed E-state index contributed by atoms with van der Waals surface area (Å²) in [5.74, 6) is -1.88. The molecule has 0 heterocycles. The highest BCUT2D eigenvalue weighted by atomic mass is 19.4. The van der Waals surface area contributed by atoms with Gasteiger partial charge in [0.05, 0.1) is 5.92 Å².